The van der Waals surface area contributed by atoms with Crippen LogP contribution in [0.15, 0.2) is 49.1 Å². The molecule has 0 aliphatic heterocycles. The molecular weight excluding hydrogens is 448 g/mol. The number of thiophene rings is 1. The van der Waals surface area contributed by atoms with Crippen LogP contribution in [0, 0.1) is 5.41 Å². The molecule has 4 aromatic rings. The Morgan fingerprint density at radius 2 is 1.85 bits per heavy atom. The van der Waals surface area contributed by atoms with Gasteiger partial charge in [0.1, 0.15) is 5.52 Å². The predicted octanol–water partition coefficient (Wildman–Crippen LogP) is 4.74. The Morgan fingerprint density at radius 1 is 1.06 bits per heavy atom. The summed E-state index contributed by atoms with van der Waals surface area (Å²) in [5, 5.41) is 6.04. The van der Waals surface area contributed by atoms with Crippen LogP contribution in [-0.2, 0) is 0 Å². The first kappa shape index (κ1) is 23.6. The largest absolute Gasteiger partial charge is 0.349 e. The number of hydrogen-bond donors (Lipinski definition) is 3. The molecule has 8 nitrogen and oxygen atoms in total. The first-order valence-electron chi connectivity index (χ1n) is 11.1. The molecule has 9 heteroatoms. The molecule has 0 aliphatic rings. The first-order chi connectivity index (χ1) is 16.1. The van der Waals surface area contributed by atoms with E-state index in [4.69, 9.17) is 4.98 Å². The van der Waals surface area contributed by atoms with Crippen LogP contribution in [0.5, 0.6) is 0 Å². The highest BCUT2D eigenvalue weighted by atomic mass is 32.1. The zero-order valence-corrected chi connectivity index (χ0v) is 20.7. The number of pyridine rings is 1. The van der Waals surface area contributed by atoms with E-state index in [1.54, 1.807) is 30.9 Å². The fraction of sp³-hybridized carbons (Fsp3) is 0.320. The summed E-state index contributed by atoms with van der Waals surface area (Å²) >= 11 is 1.33. The van der Waals surface area contributed by atoms with E-state index < -0.39 is 0 Å². The van der Waals surface area contributed by atoms with Crippen LogP contribution in [0.3, 0.4) is 0 Å². The fourth-order valence-corrected chi connectivity index (χ4v) is 4.12. The number of nitrogens with one attached hydrogen (secondary N) is 3. The zero-order chi connectivity index (χ0) is 24.5. The molecule has 2 atom stereocenters. The van der Waals surface area contributed by atoms with Crippen molar-refractivity contribution in [2.24, 2.45) is 5.41 Å². The van der Waals surface area contributed by atoms with Crippen LogP contribution < -0.4 is 10.6 Å². The maximum absolute atomic E-state index is 12.9. The number of H-pyrrole nitrogens is 1. The number of fused-ring (bicyclic) bond motifs is 1. The number of carbonyl (C=O) groups excluding carboxylic acids is 2. The van der Waals surface area contributed by atoms with Crippen molar-refractivity contribution in [2.75, 3.05) is 0 Å². The van der Waals surface area contributed by atoms with E-state index in [2.05, 4.69) is 46.4 Å². The van der Waals surface area contributed by atoms with Gasteiger partial charge in [-0.15, -0.1) is 11.3 Å². The molecule has 0 bridgehead atoms. The van der Waals surface area contributed by atoms with E-state index in [0.29, 0.717) is 27.3 Å². The minimum absolute atomic E-state index is 0.0199. The van der Waals surface area contributed by atoms with Gasteiger partial charge in [-0.25, -0.2) is 9.97 Å². The van der Waals surface area contributed by atoms with Crippen LogP contribution in [0.25, 0.3) is 21.7 Å². The second-order valence-electron chi connectivity index (χ2n) is 9.36. The molecule has 0 spiro atoms. The second-order valence-corrected chi connectivity index (χ2v) is 10.4. The Kier molecular flexibility index (Phi) is 6.47. The summed E-state index contributed by atoms with van der Waals surface area (Å²) in [6.45, 7) is 10.1. The van der Waals surface area contributed by atoms with Crippen molar-refractivity contribution in [2.45, 2.75) is 46.7 Å². The van der Waals surface area contributed by atoms with E-state index in [0.717, 1.165) is 10.4 Å². The molecule has 4 aromatic heterocycles. The number of nitrogens with zero attached hydrogens (tertiary/aromatic N) is 3. The Hall–Kier alpha value is -3.59. The SMILES string of the molecule is CC(NC(=O)c1c[nH]c2ncc(-c3ccc(C(=O)N[C@@H](C)c4cccnc4)s3)nc12)C(C)(C)C. The molecule has 0 saturated carbocycles. The molecule has 0 saturated heterocycles. The molecule has 0 aromatic carbocycles. The van der Waals surface area contributed by atoms with Gasteiger partial charge in [-0.3, -0.25) is 14.6 Å². The normalized spacial score (nSPS) is 13.4. The van der Waals surface area contributed by atoms with E-state index >= 15 is 0 Å². The fourth-order valence-electron chi connectivity index (χ4n) is 3.25. The maximum atomic E-state index is 12.9. The monoisotopic (exact) mass is 476 g/mol. The zero-order valence-electron chi connectivity index (χ0n) is 19.8. The molecule has 0 radical (unpaired) electrons. The van der Waals surface area contributed by atoms with Gasteiger partial charge in [-0.2, -0.15) is 0 Å². The molecule has 4 rings (SSSR count). The Labute approximate surface area is 202 Å². The highest BCUT2D eigenvalue weighted by Crippen LogP contribution is 2.29. The number of amides is 2. The van der Waals surface area contributed by atoms with Crippen LogP contribution in [0.4, 0.5) is 0 Å². The summed E-state index contributed by atoms with van der Waals surface area (Å²) in [5.74, 6) is -0.365. The van der Waals surface area contributed by atoms with Gasteiger partial charge in [-0.1, -0.05) is 26.8 Å². The highest BCUT2D eigenvalue weighted by molar-refractivity contribution is 7.17. The number of hydrogen-bond acceptors (Lipinski definition) is 6. The number of rotatable bonds is 6. The lowest BCUT2D eigenvalue weighted by Gasteiger charge is -2.27. The number of aromatic amines is 1. The summed E-state index contributed by atoms with van der Waals surface area (Å²) in [7, 11) is 0. The lowest BCUT2D eigenvalue weighted by molar-refractivity contribution is 0.0910. The van der Waals surface area contributed by atoms with Crippen molar-refractivity contribution in [3.63, 3.8) is 0 Å². The summed E-state index contributed by atoms with van der Waals surface area (Å²) in [4.78, 5) is 43.3. The molecule has 4 heterocycles. The van der Waals surface area contributed by atoms with Crippen molar-refractivity contribution in [1.82, 2.24) is 30.6 Å². The quantitative estimate of drug-likeness (QED) is 0.372. The Bertz CT molecular complexity index is 1320. The molecule has 176 valence electrons. The van der Waals surface area contributed by atoms with Gasteiger partial charge in [0.2, 0.25) is 0 Å². The Balaban J connectivity index is 1.54. The molecule has 0 aliphatic carbocycles. The van der Waals surface area contributed by atoms with E-state index in [1.165, 1.54) is 11.3 Å². The van der Waals surface area contributed by atoms with Crippen LogP contribution in [0.1, 0.15) is 66.3 Å². The summed E-state index contributed by atoms with van der Waals surface area (Å²) in [6, 6.07) is 7.20. The third kappa shape index (κ3) is 4.99. The second kappa shape index (κ2) is 9.34. The first-order valence-corrected chi connectivity index (χ1v) is 11.9. The standard InChI is InChI=1S/C25H28N6O2S/c1-14(16-7-6-10-26-11-16)29-24(33)20-9-8-19(34-20)18-13-28-22-21(31-18)17(12-27-22)23(32)30-15(2)25(3,4)5/h6-15H,1-5H3,(H,27,28)(H,29,33)(H,30,32)/t14-,15?/m0/s1. The van der Waals surface area contributed by atoms with E-state index in [1.807, 2.05) is 32.0 Å². The molecule has 1 unspecified atom stereocenters. The van der Waals surface area contributed by atoms with E-state index in [-0.39, 0.29) is 29.3 Å². The Morgan fingerprint density at radius 3 is 2.56 bits per heavy atom. The third-order valence-electron chi connectivity index (χ3n) is 5.89. The van der Waals surface area contributed by atoms with Gasteiger partial charge in [-0.05, 0) is 43.0 Å². The minimum Gasteiger partial charge on any atom is -0.349 e. The average molecular weight is 477 g/mol. The summed E-state index contributed by atoms with van der Waals surface area (Å²) in [6.07, 6.45) is 6.71. The average Bonchev–Trinajstić information content (AvgIpc) is 3.46. The molecule has 3 N–H and O–H groups in total. The van der Waals surface area contributed by atoms with Crippen molar-refractivity contribution in [3.05, 3.63) is 65.1 Å². The molecule has 34 heavy (non-hydrogen) atoms. The van der Waals surface area contributed by atoms with Crippen molar-refractivity contribution in [1.29, 1.82) is 0 Å². The van der Waals surface area contributed by atoms with Gasteiger partial charge in [0.05, 0.1) is 33.3 Å². The van der Waals surface area contributed by atoms with Gasteiger partial charge >= 0.3 is 0 Å². The molecule has 2 amide bonds. The predicted molar refractivity (Wildman–Crippen MR) is 134 cm³/mol. The highest BCUT2D eigenvalue weighted by Gasteiger charge is 2.24. The lowest BCUT2D eigenvalue weighted by atomic mass is 9.88. The van der Waals surface area contributed by atoms with Gasteiger partial charge < -0.3 is 15.6 Å². The third-order valence-corrected chi connectivity index (χ3v) is 6.99. The van der Waals surface area contributed by atoms with Crippen LogP contribution in [0.2, 0.25) is 0 Å². The van der Waals surface area contributed by atoms with Gasteiger partial charge in [0, 0.05) is 24.6 Å². The molecular formula is C25H28N6O2S. The number of aromatic nitrogens is 4. The maximum Gasteiger partial charge on any atom is 0.261 e. The smallest absolute Gasteiger partial charge is 0.261 e. The van der Waals surface area contributed by atoms with E-state index in [9.17, 15) is 9.59 Å². The van der Waals surface area contributed by atoms with Crippen molar-refractivity contribution < 1.29 is 9.59 Å². The van der Waals surface area contributed by atoms with Gasteiger partial charge in [0.15, 0.2) is 5.65 Å². The molecule has 0 fully saturated rings. The van der Waals surface area contributed by atoms with Crippen LogP contribution >= 0.6 is 11.3 Å². The lowest BCUT2D eigenvalue weighted by Crippen LogP contribution is -2.41. The van der Waals surface area contributed by atoms with Crippen LogP contribution in [-0.4, -0.2) is 37.8 Å². The van der Waals surface area contributed by atoms with Crippen molar-refractivity contribution in [3.8, 4) is 10.6 Å². The van der Waals surface area contributed by atoms with Gasteiger partial charge in [0.25, 0.3) is 11.8 Å². The number of carbonyl (C=O) groups is 2. The summed E-state index contributed by atoms with van der Waals surface area (Å²) in [5.41, 5.74) is 2.96. The topological polar surface area (TPSA) is 113 Å². The van der Waals surface area contributed by atoms with Crippen molar-refractivity contribution >= 4 is 34.3 Å². The minimum atomic E-state index is -0.198. The summed E-state index contributed by atoms with van der Waals surface area (Å²) < 4.78 is 0.